The van der Waals surface area contributed by atoms with E-state index in [-0.39, 0.29) is 24.0 Å². The highest BCUT2D eigenvalue weighted by Gasteiger charge is 1.87. The first kappa shape index (κ1) is 11.7. The molecule has 0 spiro atoms. The van der Waals surface area contributed by atoms with E-state index < -0.39 is 0 Å². The molecule has 0 aliphatic rings. The number of ether oxygens (including phenoxy) is 1. The molecule has 3 heteroatoms. The molecule has 0 radical (unpaired) electrons. The van der Waals surface area contributed by atoms with Crippen LogP contribution in [0.4, 0.5) is 0 Å². The number of rotatable bonds is 4. The third-order valence-corrected chi connectivity index (χ3v) is 1.36. The van der Waals surface area contributed by atoms with E-state index in [9.17, 15) is 0 Å². The number of hydrogen-bond donors (Lipinski definition) is 1. The van der Waals surface area contributed by atoms with Crippen LogP contribution in [-0.2, 0) is 0 Å². The zero-order valence-electron chi connectivity index (χ0n) is 7.12. The molecule has 1 rings (SSSR count). The summed E-state index contributed by atoms with van der Waals surface area (Å²) in [5.74, 6) is 0.933. The molecular formula is C9H14INO. The summed E-state index contributed by atoms with van der Waals surface area (Å²) < 4.78 is 5.38. The molecule has 0 aliphatic carbocycles. The van der Waals surface area contributed by atoms with Crippen LogP contribution in [0.3, 0.4) is 0 Å². The number of likely N-dealkylation sites (N-methyl/N-ethyl adjacent to an activating group) is 1. The molecule has 0 saturated heterocycles. The van der Waals surface area contributed by atoms with Crippen LogP contribution in [0.1, 0.15) is 0 Å². The summed E-state index contributed by atoms with van der Waals surface area (Å²) in [6.45, 7) is 1.61. The van der Waals surface area contributed by atoms with Gasteiger partial charge in [-0.25, -0.2) is 0 Å². The topological polar surface area (TPSA) is 21.3 Å². The van der Waals surface area contributed by atoms with Crippen molar-refractivity contribution in [1.82, 2.24) is 5.32 Å². The molecule has 0 unspecified atom stereocenters. The van der Waals surface area contributed by atoms with E-state index in [0.29, 0.717) is 0 Å². The maximum absolute atomic E-state index is 5.38. The number of benzene rings is 1. The quantitative estimate of drug-likeness (QED) is 0.671. The molecule has 1 aromatic rings. The summed E-state index contributed by atoms with van der Waals surface area (Å²) >= 11 is 0. The van der Waals surface area contributed by atoms with Gasteiger partial charge in [-0.3, -0.25) is 0 Å². The summed E-state index contributed by atoms with van der Waals surface area (Å²) in [5.41, 5.74) is 0. The summed E-state index contributed by atoms with van der Waals surface area (Å²) in [5, 5.41) is 3.01. The lowest BCUT2D eigenvalue weighted by molar-refractivity contribution is 0.318. The molecule has 0 amide bonds. The molecule has 0 aromatic heterocycles. The van der Waals surface area contributed by atoms with E-state index in [1.807, 2.05) is 37.4 Å². The lowest BCUT2D eigenvalue weighted by Gasteiger charge is -2.03. The standard InChI is InChI=1S/C9H13NO.HI/c1-10-7-8-11-9-5-3-2-4-6-9;/h2-6,10H,7-8H2,1H3;1H. The third-order valence-electron chi connectivity index (χ3n) is 1.36. The highest BCUT2D eigenvalue weighted by Crippen LogP contribution is 2.06. The Morgan fingerprint density at radius 1 is 1.25 bits per heavy atom. The van der Waals surface area contributed by atoms with Crippen molar-refractivity contribution in [3.63, 3.8) is 0 Å². The first-order valence-electron chi connectivity index (χ1n) is 3.76. The second kappa shape index (κ2) is 7.36. The summed E-state index contributed by atoms with van der Waals surface area (Å²) in [6.07, 6.45) is 0. The van der Waals surface area contributed by atoms with Gasteiger partial charge in [-0.15, -0.1) is 24.0 Å². The Labute approximate surface area is 90.3 Å². The van der Waals surface area contributed by atoms with E-state index in [2.05, 4.69) is 5.32 Å². The van der Waals surface area contributed by atoms with Crippen LogP contribution in [0.25, 0.3) is 0 Å². The van der Waals surface area contributed by atoms with Gasteiger partial charge in [0.25, 0.3) is 0 Å². The Bertz CT molecular complexity index is 191. The maximum atomic E-state index is 5.38. The van der Waals surface area contributed by atoms with E-state index in [0.717, 1.165) is 18.9 Å². The van der Waals surface area contributed by atoms with Crippen LogP contribution in [0.5, 0.6) is 5.75 Å². The minimum absolute atomic E-state index is 0. The van der Waals surface area contributed by atoms with Crippen molar-refractivity contribution in [2.75, 3.05) is 20.2 Å². The van der Waals surface area contributed by atoms with Crippen molar-refractivity contribution < 1.29 is 4.74 Å². The van der Waals surface area contributed by atoms with E-state index in [1.165, 1.54) is 0 Å². The number of hydrogen-bond acceptors (Lipinski definition) is 2. The lowest BCUT2D eigenvalue weighted by Crippen LogP contribution is -2.15. The zero-order valence-corrected chi connectivity index (χ0v) is 9.45. The van der Waals surface area contributed by atoms with Gasteiger partial charge < -0.3 is 10.1 Å². The van der Waals surface area contributed by atoms with Crippen LogP contribution < -0.4 is 10.1 Å². The van der Waals surface area contributed by atoms with Gasteiger partial charge in [-0.1, -0.05) is 18.2 Å². The Morgan fingerprint density at radius 3 is 2.50 bits per heavy atom. The smallest absolute Gasteiger partial charge is 0.119 e. The minimum Gasteiger partial charge on any atom is -0.492 e. The van der Waals surface area contributed by atoms with Crippen molar-refractivity contribution in [3.8, 4) is 5.75 Å². The number of halogens is 1. The number of nitrogens with one attached hydrogen (secondary N) is 1. The van der Waals surface area contributed by atoms with Gasteiger partial charge >= 0.3 is 0 Å². The first-order chi connectivity index (χ1) is 5.43. The predicted octanol–water partition coefficient (Wildman–Crippen LogP) is 1.90. The SMILES string of the molecule is CNCCOc1ccccc1.I. The second-order valence-electron chi connectivity index (χ2n) is 2.27. The highest BCUT2D eigenvalue weighted by atomic mass is 127. The van der Waals surface area contributed by atoms with Crippen LogP contribution in [0.15, 0.2) is 30.3 Å². The van der Waals surface area contributed by atoms with Crippen molar-refractivity contribution in [3.05, 3.63) is 30.3 Å². The van der Waals surface area contributed by atoms with Gasteiger partial charge in [0.15, 0.2) is 0 Å². The fourth-order valence-electron chi connectivity index (χ4n) is 0.788. The van der Waals surface area contributed by atoms with Gasteiger partial charge in [-0.2, -0.15) is 0 Å². The van der Waals surface area contributed by atoms with Gasteiger partial charge in [-0.05, 0) is 19.2 Å². The van der Waals surface area contributed by atoms with Crippen molar-refractivity contribution >= 4 is 24.0 Å². The minimum atomic E-state index is 0. The number of para-hydroxylation sites is 1. The second-order valence-corrected chi connectivity index (χ2v) is 2.27. The Kier molecular flexibility index (Phi) is 7.19. The van der Waals surface area contributed by atoms with Crippen molar-refractivity contribution in [1.29, 1.82) is 0 Å². The molecular weight excluding hydrogens is 265 g/mol. The zero-order chi connectivity index (χ0) is 7.94. The fraction of sp³-hybridized carbons (Fsp3) is 0.333. The Hall–Kier alpha value is -0.290. The van der Waals surface area contributed by atoms with Crippen LogP contribution in [0, 0.1) is 0 Å². The summed E-state index contributed by atoms with van der Waals surface area (Å²) in [4.78, 5) is 0. The molecule has 0 fully saturated rings. The summed E-state index contributed by atoms with van der Waals surface area (Å²) in [7, 11) is 1.91. The molecule has 0 aliphatic heterocycles. The molecule has 0 atom stereocenters. The highest BCUT2D eigenvalue weighted by molar-refractivity contribution is 14.0. The van der Waals surface area contributed by atoms with Crippen LogP contribution in [0.2, 0.25) is 0 Å². The fourth-order valence-corrected chi connectivity index (χ4v) is 0.788. The lowest BCUT2D eigenvalue weighted by atomic mass is 10.3. The van der Waals surface area contributed by atoms with E-state index in [1.54, 1.807) is 0 Å². The largest absolute Gasteiger partial charge is 0.492 e. The average molecular weight is 279 g/mol. The van der Waals surface area contributed by atoms with Gasteiger partial charge in [0.2, 0.25) is 0 Å². The maximum Gasteiger partial charge on any atom is 0.119 e. The van der Waals surface area contributed by atoms with Gasteiger partial charge in [0, 0.05) is 6.54 Å². The average Bonchev–Trinajstić information content (AvgIpc) is 2.07. The normalized spacial score (nSPS) is 8.75. The van der Waals surface area contributed by atoms with E-state index in [4.69, 9.17) is 4.74 Å². The Morgan fingerprint density at radius 2 is 1.92 bits per heavy atom. The molecule has 68 valence electrons. The van der Waals surface area contributed by atoms with Crippen molar-refractivity contribution in [2.45, 2.75) is 0 Å². The predicted molar refractivity (Wildman–Crippen MR) is 61.3 cm³/mol. The molecule has 0 heterocycles. The first-order valence-corrected chi connectivity index (χ1v) is 3.76. The molecule has 0 bridgehead atoms. The molecule has 2 nitrogen and oxygen atoms in total. The summed E-state index contributed by atoms with van der Waals surface area (Å²) in [6, 6.07) is 9.82. The van der Waals surface area contributed by atoms with Crippen LogP contribution in [-0.4, -0.2) is 20.2 Å². The molecule has 0 saturated carbocycles. The van der Waals surface area contributed by atoms with Gasteiger partial charge in [0.1, 0.15) is 12.4 Å². The Balaban J connectivity index is 0.00000121. The molecule has 1 N–H and O–H groups in total. The van der Waals surface area contributed by atoms with Crippen molar-refractivity contribution in [2.24, 2.45) is 0 Å². The van der Waals surface area contributed by atoms with E-state index >= 15 is 0 Å². The molecule has 1 aromatic carbocycles. The third kappa shape index (κ3) is 4.56. The monoisotopic (exact) mass is 279 g/mol. The van der Waals surface area contributed by atoms with Gasteiger partial charge in [0.05, 0.1) is 0 Å². The van der Waals surface area contributed by atoms with Crippen LogP contribution >= 0.6 is 24.0 Å². The molecule has 12 heavy (non-hydrogen) atoms.